The lowest BCUT2D eigenvalue weighted by Crippen LogP contribution is -2.46. The zero-order chi connectivity index (χ0) is 19.1. The molecule has 0 saturated carbocycles. The van der Waals surface area contributed by atoms with Crippen LogP contribution in [0, 0.1) is 0 Å². The van der Waals surface area contributed by atoms with E-state index in [1.807, 2.05) is 29.7 Å². The second-order valence-corrected chi connectivity index (χ2v) is 9.01. The number of hydrogen-bond acceptors (Lipinski definition) is 4. The lowest BCUT2D eigenvalue weighted by molar-refractivity contribution is 0.110. The van der Waals surface area contributed by atoms with Gasteiger partial charge in [-0.2, -0.15) is 5.10 Å². The number of hydrogen-bond donors (Lipinski definition) is 0. The molecule has 30 heavy (non-hydrogen) atoms. The minimum absolute atomic E-state index is 0. The van der Waals surface area contributed by atoms with Crippen LogP contribution in [0.15, 0.2) is 64.6 Å². The number of fused-ring (bicyclic) bond motifs is 2. The summed E-state index contributed by atoms with van der Waals surface area (Å²) in [5.74, 6) is 0. The van der Waals surface area contributed by atoms with Gasteiger partial charge in [-0.05, 0) is 48.4 Å². The minimum atomic E-state index is 0. The Kier molecular flexibility index (Phi) is 7.53. The second-order valence-electron chi connectivity index (χ2n) is 7.92. The van der Waals surface area contributed by atoms with E-state index in [-0.39, 0.29) is 24.8 Å². The summed E-state index contributed by atoms with van der Waals surface area (Å²) in [6.07, 6.45) is 5.15. The fraction of sp³-hybridized carbons (Fsp3) is 0.348. The zero-order valence-corrected chi connectivity index (χ0v) is 19.8. The van der Waals surface area contributed by atoms with Crippen LogP contribution in [0.4, 0.5) is 0 Å². The number of halogens is 2. The third-order valence-corrected chi connectivity index (χ3v) is 7.20. The Labute approximate surface area is 195 Å². The average Bonchev–Trinajstić information content (AvgIpc) is 3.07. The molecule has 0 amide bonds. The molecule has 0 N–H and O–H groups in total. The molecule has 0 spiro atoms. The van der Waals surface area contributed by atoms with Crippen LogP contribution >= 0.6 is 36.6 Å². The molecular formula is C23H28Cl2N4S. The second kappa shape index (κ2) is 9.75. The lowest BCUT2D eigenvalue weighted by atomic mass is 9.94. The smallest absolute Gasteiger partial charge is 0.0568 e. The molecule has 1 fully saturated rings. The van der Waals surface area contributed by atoms with Gasteiger partial charge in [0.05, 0.1) is 6.20 Å². The van der Waals surface area contributed by atoms with Crippen molar-refractivity contribution >= 4 is 36.6 Å². The molecule has 2 aliphatic rings. The van der Waals surface area contributed by atoms with Gasteiger partial charge in [0.25, 0.3) is 0 Å². The van der Waals surface area contributed by atoms with E-state index in [1.54, 1.807) is 0 Å². The van der Waals surface area contributed by atoms with Crippen LogP contribution in [-0.4, -0.2) is 52.8 Å². The predicted molar refractivity (Wildman–Crippen MR) is 129 cm³/mol. The molecule has 4 nitrogen and oxygen atoms in total. The van der Waals surface area contributed by atoms with Gasteiger partial charge in [0.15, 0.2) is 0 Å². The molecule has 2 aliphatic heterocycles. The quantitative estimate of drug-likeness (QED) is 0.538. The van der Waals surface area contributed by atoms with Gasteiger partial charge in [0.2, 0.25) is 0 Å². The Bertz CT molecular complexity index is 998. The largest absolute Gasteiger partial charge is 0.304 e. The van der Waals surface area contributed by atoms with Crippen LogP contribution < -0.4 is 0 Å². The van der Waals surface area contributed by atoms with Gasteiger partial charge in [-0.15, -0.1) is 24.8 Å². The first-order valence-corrected chi connectivity index (χ1v) is 10.8. The van der Waals surface area contributed by atoms with Crippen molar-refractivity contribution in [3.8, 4) is 11.1 Å². The highest BCUT2D eigenvalue weighted by atomic mass is 35.5. The van der Waals surface area contributed by atoms with Crippen molar-refractivity contribution in [1.29, 1.82) is 0 Å². The molecule has 3 aromatic rings. The van der Waals surface area contributed by atoms with E-state index < -0.39 is 0 Å². The summed E-state index contributed by atoms with van der Waals surface area (Å²) in [5, 5.41) is 4.37. The van der Waals surface area contributed by atoms with Crippen molar-refractivity contribution in [2.45, 2.75) is 22.3 Å². The molecule has 5 rings (SSSR count). The highest BCUT2D eigenvalue weighted by Gasteiger charge is 2.29. The molecule has 1 saturated heterocycles. The van der Waals surface area contributed by atoms with Crippen LogP contribution in [0.25, 0.3) is 11.1 Å². The summed E-state index contributed by atoms with van der Waals surface area (Å²) in [6, 6.07) is 16.3. The van der Waals surface area contributed by atoms with Gasteiger partial charge in [-0.1, -0.05) is 36.0 Å². The Balaban J connectivity index is 0.00000128. The summed E-state index contributed by atoms with van der Waals surface area (Å²) in [7, 11) is 4.20. The van der Waals surface area contributed by atoms with Gasteiger partial charge < -0.3 is 4.90 Å². The summed E-state index contributed by atoms with van der Waals surface area (Å²) in [6.45, 7) is 4.54. The molecule has 1 aromatic heterocycles. The van der Waals surface area contributed by atoms with Crippen LogP contribution in [0.5, 0.6) is 0 Å². The van der Waals surface area contributed by atoms with E-state index in [4.69, 9.17) is 0 Å². The van der Waals surface area contributed by atoms with Gasteiger partial charge in [-0.3, -0.25) is 9.58 Å². The van der Waals surface area contributed by atoms with Gasteiger partial charge >= 0.3 is 0 Å². The fourth-order valence-corrected chi connectivity index (χ4v) is 5.43. The predicted octanol–water partition coefficient (Wildman–Crippen LogP) is 4.93. The molecule has 3 heterocycles. The van der Waals surface area contributed by atoms with Crippen LogP contribution in [0.2, 0.25) is 0 Å². The van der Waals surface area contributed by atoms with Crippen LogP contribution in [0.3, 0.4) is 0 Å². The highest BCUT2D eigenvalue weighted by Crippen LogP contribution is 2.44. The lowest BCUT2D eigenvalue weighted by Gasteiger charge is -2.38. The summed E-state index contributed by atoms with van der Waals surface area (Å²) >= 11 is 1.92. The zero-order valence-electron chi connectivity index (χ0n) is 17.3. The first-order valence-electron chi connectivity index (χ1n) is 9.99. The number of nitrogens with zero attached hydrogens (tertiary/aromatic N) is 4. The fourth-order valence-electron chi connectivity index (χ4n) is 4.32. The third-order valence-electron chi connectivity index (χ3n) is 5.99. The molecule has 160 valence electrons. The third kappa shape index (κ3) is 4.56. The first-order chi connectivity index (χ1) is 13.7. The van der Waals surface area contributed by atoms with Crippen molar-refractivity contribution in [2.75, 3.05) is 33.2 Å². The number of aryl methyl sites for hydroxylation is 1. The summed E-state index contributed by atoms with van der Waals surface area (Å²) < 4.78 is 1.88. The SMILES string of the molecule is CN1CCN(C2Cc3ccccc3Sc3ccc(-c4cnn(C)c4)cc32)CC1.Cl.Cl. The van der Waals surface area contributed by atoms with E-state index >= 15 is 0 Å². The van der Waals surface area contributed by atoms with Gasteiger partial charge in [0.1, 0.15) is 0 Å². The number of rotatable bonds is 2. The maximum atomic E-state index is 4.37. The number of piperazine rings is 1. The Morgan fingerprint density at radius 1 is 0.900 bits per heavy atom. The van der Waals surface area contributed by atoms with E-state index in [0.717, 1.165) is 32.6 Å². The molecule has 0 radical (unpaired) electrons. The van der Waals surface area contributed by atoms with Crippen LogP contribution in [-0.2, 0) is 13.5 Å². The molecule has 2 aromatic carbocycles. The molecule has 7 heteroatoms. The van der Waals surface area contributed by atoms with Crippen LogP contribution in [0.1, 0.15) is 17.2 Å². The number of benzene rings is 2. The minimum Gasteiger partial charge on any atom is -0.304 e. The average molecular weight is 463 g/mol. The summed E-state index contributed by atoms with van der Waals surface area (Å²) in [5.41, 5.74) is 5.38. The van der Waals surface area contributed by atoms with Gasteiger partial charge in [-0.25, -0.2) is 0 Å². The molecule has 0 bridgehead atoms. The molecule has 1 atom stereocenters. The summed E-state index contributed by atoms with van der Waals surface area (Å²) in [4.78, 5) is 7.91. The first kappa shape index (κ1) is 23.2. The van der Waals surface area contributed by atoms with E-state index in [0.29, 0.717) is 6.04 Å². The molecule has 1 unspecified atom stereocenters. The van der Waals surface area contributed by atoms with E-state index in [9.17, 15) is 0 Å². The van der Waals surface area contributed by atoms with E-state index in [2.05, 4.69) is 70.6 Å². The highest BCUT2D eigenvalue weighted by molar-refractivity contribution is 7.99. The van der Waals surface area contributed by atoms with Crippen molar-refractivity contribution in [3.05, 3.63) is 66.0 Å². The van der Waals surface area contributed by atoms with E-state index in [1.165, 1.54) is 32.0 Å². The van der Waals surface area contributed by atoms with Crippen molar-refractivity contribution in [2.24, 2.45) is 7.05 Å². The van der Waals surface area contributed by atoms with Crippen molar-refractivity contribution in [1.82, 2.24) is 19.6 Å². The monoisotopic (exact) mass is 462 g/mol. The maximum Gasteiger partial charge on any atom is 0.0568 e. The molecule has 0 aliphatic carbocycles. The number of likely N-dealkylation sites (N-methyl/N-ethyl adjacent to an activating group) is 1. The standard InChI is InChI=1S/C23H26N4S.2ClH/c1-25-9-11-27(12-10-25)21-14-18-5-3-4-6-22(18)28-23-8-7-17(13-20(21)23)19-15-24-26(2)16-19;;/h3-8,13,15-16,21H,9-12,14H2,1-2H3;2*1H. The maximum absolute atomic E-state index is 4.37. The number of aromatic nitrogens is 2. The van der Waals surface area contributed by atoms with Crippen molar-refractivity contribution in [3.63, 3.8) is 0 Å². The normalized spacial score (nSPS) is 19.1. The Morgan fingerprint density at radius 2 is 1.67 bits per heavy atom. The topological polar surface area (TPSA) is 24.3 Å². The Hall–Kier alpha value is -1.50. The molecular weight excluding hydrogens is 435 g/mol. The van der Waals surface area contributed by atoms with Gasteiger partial charge in [0, 0.05) is 60.8 Å². The van der Waals surface area contributed by atoms with Crippen molar-refractivity contribution < 1.29 is 0 Å². The Morgan fingerprint density at radius 3 is 2.40 bits per heavy atom.